The summed E-state index contributed by atoms with van der Waals surface area (Å²) < 4.78 is 77.8. The van der Waals surface area contributed by atoms with Crippen molar-refractivity contribution in [3.63, 3.8) is 0 Å². The van der Waals surface area contributed by atoms with Crippen molar-refractivity contribution < 1.29 is 65.0 Å². The molecule has 2 fully saturated rings. The topological polar surface area (TPSA) is 221 Å². The highest BCUT2D eigenvalue weighted by molar-refractivity contribution is 6.25. The van der Waals surface area contributed by atoms with E-state index in [2.05, 4.69) is 26.4 Å². The second-order valence-electron chi connectivity index (χ2n) is 16.6. The number of carbonyl (C=O) groups excluding carboxylic acids is 8. The summed E-state index contributed by atoms with van der Waals surface area (Å²) >= 11 is 0. The maximum Gasteiger partial charge on any atom is 0.408 e. The van der Waals surface area contributed by atoms with Crippen LogP contribution in [0, 0.1) is 5.82 Å². The fraction of sp³-hybridized carbons (Fsp3) is 0.356. The van der Waals surface area contributed by atoms with Gasteiger partial charge in [0.1, 0.15) is 42.7 Å². The lowest BCUT2D eigenvalue weighted by molar-refractivity contribution is -0.187. The Morgan fingerprint density at radius 1 is 0.971 bits per heavy atom. The monoisotopic (exact) mass is 947 g/mol. The third-order valence-electron chi connectivity index (χ3n) is 12.2. The zero-order chi connectivity index (χ0) is 48.7. The average Bonchev–Trinajstić information content (AvgIpc) is 4.01. The molecule has 18 nitrogen and oxygen atoms in total. The SMILES string of the molecule is C[C@H](N(Cc1ccc(F)cc1)C(=O)CN1C(=O)N[C@]2(C[C@@H](F)c3cc(-c4cnn(CC(=O)NCCOCCNc5cccc6c5C(=O)N(C5CCC(=O)NC5=O)C6=O)c4)ccc32)C1=O)C(F)(F)F. The van der Waals surface area contributed by atoms with Crippen LogP contribution < -0.4 is 21.3 Å². The highest BCUT2D eigenvalue weighted by Gasteiger charge is 2.59. The predicted octanol–water partition coefficient (Wildman–Crippen LogP) is 3.48. The van der Waals surface area contributed by atoms with Gasteiger partial charge in [-0.25, -0.2) is 13.6 Å². The Morgan fingerprint density at radius 3 is 2.46 bits per heavy atom. The van der Waals surface area contributed by atoms with E-state index in [1.807, 2.05) is 0 Å². The molecule has 2 saturated heterocycles. The molecule has 3 aliphatic heterocycles. The van der Waals surface area contributed by atoms with Crippen LogP contribution in [0.1, 0.15) is 69.8 Å². The molecule has 0 saturated carbocycles. The molecule has 1 unspecified atom stereocenters. The first-order chi connectivity index (χ1) is 32.4. The van der Waals surface area contributed by atoms with Gasteiger partial charge in [0, 0.05) is 49.9 Å². The Bertz CT molecular complexity index is 2730. The molecule has 356 valence electrons. The first kappa shape index (κ1) is 47.0. The van der Waals surface area contributed by atoms with Gasteiger partial charge in [-0.15, -0.1) is 0 Å². The normalized spacial score (nSPS) is 20.4. The van der Waals surface area contributed by atoms with Gasteiger partial charge in [-0.1, -0.05) is 30.3 Å². The van der Waals surface area contributed by atoms with Crippen LogP contribution in [-0.4, -0.2) is 123 Å². The Hall–Kier alpha value is -7.56. The van der Waals surface area contributed by atoms with E-state index in [1.54, 1.807) is 24.4 Å². The minimum Gasteiger partial charge on any atom is -0.382 e. The largest absolute Gasteiger partial charge is 0.408 e. The van der Waals surface area contributed by atoms with Crippen LogP contribution in [0.4, 0.5) is 32.4 Å². The lowest BCUT2D eigenvalue weighted by Gasteiger charge is -2.32. The zero-order valence-corrected chi connectivity index (χ0v) is 36.0. The van der Waals surface area contributed by atoms with Gasteiger partial charge < -0.3 is 25.6 Å². The number of halogens is 5. The second-order valence-corrected chi connectivity index (χ2v) is 16.6. The van der Waals surface area contributed by atoms with Crippen LogP contribution in [0.3, 0.4) is 0 Å². The minimum absolute atomic E-state index is 0.00108. The summed E-state index contributed by atoms with van der Waals surface area (Å²) in [6, 6.07) is 9.05. The molecule has 0 bridgehead atoms. The van der Waals surface area contributed by atoms with Gasteiger partial charge >= 0.3 is 12.2 Å². The number of rotatable bonds is 16. The molecule has 9 amide bonds. The Morgan fingerprint density at radius 2 is 1.72 bits per heavy atom. The minimum atomic E-state index is -4.88. The van der Waals surface area contributed by atoms with E-state index in [0.717, 1.165) is 24.0 Å². The van der Waals surface area contributed by atoms with Crippen molar-refractivity contribution in [1.82, 2.24) is 40.4 Å². The third kappa shape index (κ3) is 9.12. The number of aromatic nitrogens is 2. The van der Waals surface area contributed by atoms with Crippen LogP contribution >= 0.6 is 0 Å². The summed E-state index contributed by atoms with van der Waals surface area (Å²) in [4.78, 5) is 105. The number of anilines is 1. The van der Waals surface area contributed by atoms with E-state index in [9.17, 15) is 55.9 Å². The van der Waals surface area contributed by atoms with E-state index < -0.39 is 103 Å². The van der Waals surface area contributed by atoms with Gasteiger partial charge in [-0.3, -0.25) is 53.4 Å². The number of hydrogen-bond acceptors (Lipinski definition) is 11. The average molecular weight is 948 g/mol. The first-order valence-electron chi connectivity index (χ1n) is 21.3. The number of ether oxygens (including phenoxy) is 1. The number of imide groups is 3. The molecule has 23 heteroatoms. The van der Waals surface area contributed by atoms with Gasteiger partial charge in [0.2, 0.25) is 23.6 Å². The number of nitrogens with zero attached hydrogens (tertiary/aromatic N) is 5. The quantitative estimate of drug-likeness (QED) is 0.0552. The van der Waals surface area contributed by atoms with Crippen molar-refractivity contribution in [3.8, 4) is 11.1 Å². The number of hydrogen-bond donors (Lipinski definition) is 4. The fourth-order valence-electron chi connectivity index (χ4n) is 8.69. The maximum absolute atomic E-state index is 15.8. The van der Waals surface area contributed by atoms with E-state index >= 15 is 4.39 Å². The molecule has 4 N–H and O–H groups in total. The summed E-state index contributed by atoms with van der Waals surface area (Å²) in [5, 5.41) is 14.6. The van der Waals surface area contributed by atoms with Gasteiger partial charge in [0.25, 0.3) is 17.7 Å². The van der Waals surface area contributed by atoms with E-state index in [0.29, 0.717) is 26.6 Å². The summed E-state index contributed by atoms with van der Waals surface area (Å²) in [5.41, 5.74) is -0.0523. The number of fused-ring (bicyclic) bond motifs is 3. The number of alkyl halides is 4. The molecule has 4 aliphatic rings. The number of benzene rings is 3. The smallest absolute Gasteiger partial charge is 0.382 e. The fourth-order valence-corrected chi connectivity index (χ4v) is 8.69. The van der Waals surface area contributed by atoms with Crippen LogP contribution in [-0.2, 0) is 47.3 Å². The van der Waals surface area contributed by atoms with Crippen molar-refractivity contribution in [2.75, 3.05) is 38.2 Å². The predicted molar refractivity (Wildman–Crippen MR) is 226 cm³/mol. The lowest BCUT2D eigenvalue weighted by Crippen LogP contribution is -2.54. The Balaban J connectivity index is 0.817. The molecule has 8 rings (SSSR count). The van der Waals surface area contributed by atoms with Gasteiger partial charge in [-0.05, 0) is 65.9 Å². The molecule has 3 aromatic carbocycles. The summed E-state index contributed by atoms with van der Waals surface area (Å²) in [6.07, 6.45) is -4.17. The van der Waals surface area contributed by atoms with Crippen molar-refractivity contribution >= 4 is 53.1 Å². The van der Waals surface area contributed by atoms with Crippen LogP contribution in [0.5, 0.6) is 0 Å². The molecule has 1 aliphatic carbocycles. The van der Waals surface area contributed by atoms with Crippen molar-refractivity contribution in [2.45, 2.75) is 69.2 Å². The van der Waals surface area contributed by atoms with Crippen molar-refractivity contribution in [1.29, 1.82) is 0 Å². The standard InChI is InChI=1S/C45H42F5N9O9/c1-24(45(48,49)50)57(20-25-5-8-28(46)9-6-25)37(62)23-58-42(66)44(55-43(58)67)18-32(47)30-17-26(7-10-31(30)44)27-19-53-56(21-27)22-36(61)52-14-16-68-15-13-51-33-4-2-3-29-38(33)41(65)59(40(29)64)34-11-12-35(60)54-39(34)63/h2-10,17,19,21,24,32,34,51H,11-16,18,20,22-23H2,1H3,(H,52,61)(H,55,67)(H,54,60,63)/t24-,32+,34?,44-/m0/s1. The van der Waals surface area contributed by atoms with Crippen LogP contribution in [0.2, 0.25) is 0 Å². The number of piperidine rings is 1. The molecule has 1 aromatic heterocycles. The highest BCUT2D eigenvalue weighted by Crippen LogP contribution is 2.49. The van der Waals surface area contributed by atoms with Gasteiger partial charge in [0.15, 0.2) is 0 Å². The van der Waals surface area contributed by atoms with E-state index in [-0.39, 0.29) is 73.5 Å². The van der Waals surface area contributed by atoms with Crippen molar-refractivity contribution in [2.24, 2.45) is 0 Å². The number of amides is 9. The number of carbonyl (C=O) groups is 8. The second kappa shape index (κ2) is 18.6. The van der Waals surface area contributed by atoms with Crippen molar-refractivity contribution in [3.05, 3.63) is 107 Å². The molecule has 68 heavy (non-hydrogen) atoms. The molecule has 4 aromatic rings. The molecule has 4 atom stereocenters. The number of urea groups is 1. The summed E-state index contributed by atoms with van der Waals surface area (Å²) in [6.45, 7) is -0.483. The molecule has 0 radical (unpaired) electrons. The molecular weight excluding hydrogens is 906 g/mol. The van der Waals surface area contributed by atoms with Crippen LogP contribution in [0.25, 0.3) is 11.1 Å². The Labute approximate surface area is 383 Å². The van der Waals surface area contributed by atoms with E-state index in [4.69, 9.17) is 4.74 Å². The third-order valence-corrected chi connectivity index (χ3v) is 12.2. The number of nitrogens with one attached hydrogen (secondary N) is 4. The lowest BCUT2D eigenvalue weighted by atomic mass is 9.90. The Kier molecular flexibility index (Phi) is 12.9. The summed E-state index contributed by atoms with van der Waals surface area (Å²) in [7, 11) is 0. The first-order valence-corrected chi connectivity index (χ1v) is 21.3. The zero-order valence-electron chi connectivity index (χ0n) is 36.0. The highest BCUT2D eigenvalue weighted by atomic mass is 19.4. The molecule has 1 spiro atoms. The maximum atomic E-state index is 15.8. The molecular formula is C45H42F5N9O9. The van der Waals surface area contributed by atoms with Gasteiger partial charge in [-0.2, -0.15) is 18.3 Å². The molecule has 4 heterocycles. The van der Waals surface area contributed by atoms with Crippen LogP contribution in [0.15, 0.2) is 73.1 Å². The van der Waals surface area contributed by atoms with Gasteiger partial charge in [0.05, 0.1) is 30.5 Å². The summed E-state index contributed by atoms with van der Waals surface area (Å²) in [5.74, 6) is -5.74. The van der Waals surface area contributed by atoms with E-state index in [1.165, 1.54) is 41.2 Å².